The minimum absolute atomic E-state index is 0.302. The van der Waals surface area contributed by atoms with Crippen LogP contribution in [0.1, 0.15) is 35.1 Å². The molecular formula is C20H20BrNO. The van der Waals surface area contributed by atoms with E-state index in [0.29, 0.717) is 17.9 Å². The summed E-state index contributed by atoms with van der Waals surface area (Å²) in [6, 6.07) is 13.2. The van der Waals surface area contributed by atoms with Crippen LogP contribution in [0.3, 0.4) is 0 Å². The summed E-state index contributed by atoms with van der Waals surface area (Å²) in [7, 11) is 1.75. The van der Waals surface area contributed by atoms with E-state index in [4.69, 9.17) is 4.74 Å². The monoisotopic (exact) mass is 369 g/mol. The Hall–Kier alpha value is -1.74. The van der Waals surface area contributed by atoms with Gasteiger partial charge in [0.25, 0.3) is 0 Å². The fraction of sp³-hybridized carbons (Fsp3) is 0.300. The normalized spacial score (nSPS) is 24.7. The highest BCUT2D eigenvalue weighted by atomic mass is 79.9. The summed E-state index contributed by atoms with van der Waals surface area (Å²) >= 11 is 3.60. The molecule has 0 amide bonds. The summed E-state index contributed by atoms with van der Waals surface area (Å²) < 4.78 is 6.75. The number of anilines is 1. The summed E-state index contributed by atoms with van der Waals surface area (Å²) in [5, 5.41) is 3.79. The van der Waals surface area contributed by atoms with Gasteiger partial charge in [0.1, 0.15) is 5.75 Å². The van der Waals surface area contributed by atoms with Crippen molar-refractivity contribution in [1.29, 1.82) is 0 Å². The number of allylic oxidation sites excluding steroid dienone is 2. The van der Waals surface area contributed by atoms with Gasteiger partial charge in [-0.05, 0) is 54.2 Å². The fourth-order valence-electron chi connectivity index (χ4n) is 4.07. The lowest BCUT2D eigenvalue weighted by atomic mass is 9.75. The molecule has 0 fully saturated rings. The third-order valence-corrected chi connectivity index (χ3v) is 5.62. The van der Waals surface area contributed by atoms with E-state index in [0.717, 1.165) is 22.3 Å². The van der Waals surface area contributed by atoms with Crippen molar-refractivity contribution in [3.05, 3.63) is 69.7 Å². The van der Waals surface area contributed by atoms with Crippen molar-refractivity contribution in [2.75, 3.05) is 12.4 Å². The van der Waals surface area contributed by atoms with Crippen molar-refractivity contribution in [3.8, 4) is 5.75 Å². The highest BCUT2D eigenvalue weighted by molar-refractivity contribution is 9.10. The number of fused-ring (bicyclic) bond motifs is 3. The van der Waals surface area contributed by atoms with Gasteiger partial charge < -0.3 is 10.1 Å². The van der Waals surface area contributed by atoms with Gasteiger partial charge in [-0.15, -0.1) is 0 Å². The molecule has 4 rings (SSSR count). The Morgan fingerprint density at radius 3 is 2.87 bits per heavy atom. The number of aryl methyl sites for hydroxylation is 1. The average molecular weight is 370 g/mol. The number of benzene rings is 2. The Balaban J connectivity index is 1.86. The summed E-state index contributed by atoms with van der Waals surface area (Å²) in [4.78, 5) is 0. The molecule has 23 heavy (non-hydrogen) atoms. The predicted octanol–water partition coefficient (Wildman–Crippen LogP) is 5.59. The Morgan fingerprint density at radius 2 is 2.09 bits per heavy atom. The third-order valence-electron chi connectivity index (χ3n) is 5.13. The quantitative estimate of drug-likeness (QED) is 0.696. The van der Waals surface area contributed by atoms with Crippen LogP contribution in [-0.2, 0) is 0 Å². The van der Waals surface area contributed by atoms with Crippen LogP contribution in [0.15, 0.2) is 53.0 Å². The van der Waals surface area contributed by atoms with Gasteiger partial charge in [-0.2, -0.15) is 0 Å². The van der Waals surface area contributed by atoms with Crippen LogP contribution in [0.5, 0.6) is 5.75 Å². The molecule has 1 heterocycles. The second-order valence-corrected chi connectivity index (χ2v) is 7.32. The lowest BCUT2D eigenvalue weighted by Gasteiger charge is -2.39. The first kappa shape index (κ1) is 14.8. The summed E-state index contributed by atoms with van der Waals surface area (Å²) in [6.07, 6.45) is 5.82. The van der Waals surface area contributed by atoms with Gasteiger partial charge in [0.15, 0.2) is 0 Å². The molecule has 0 aromatic heterocycles. The van der Waals surface area contributed by atoms with Crippen molar-refractivity contribution < 1.29 is 4.74 Å². The van der Waals surface area contributed by atoms with Crippen molar-refractivity contribution >= 4 is 21.6 Å². The van der Waals surface area contributed by atoms with Crippen molar-refractivity contribution in [2.45, 2.75) is 25.3 Å². The lowest BCUT2D eigenvalue weighted by Crippen LogP contribution is -2.30. The molecular weight excluding hydrogens is 350 g/mol. The highest BCUT2D eigenvalue weighted by Crippen LogP contribution is 2.53. The van der Waals surface area contributed by atoms with E-state index in [1.807, 2.05) is 0 Å². The van der Waals surface area contributed by atoms with Gasteiger partial charge in [0, 0.05) is 10.4 Å². The molecule has 1 N–H and O–H groups in total. The molecule has 0 bridgehead atoms. The molecule has 0 saturated carbocycles. The largest absolute Gasteiger partial charge is 0.495 e. The van der Waals surface area contributed by atoms with Crippen LogP contribution in [-0.4, -0.2) is 7.11 Å². The third kappa shape index (κ3) is 2.38. The van der Waals surface area contributed by atoms with E-state index in [2.05, 4.69) is 76.7 Å². The molecule has 0 spiro atoms. The van der Waals surface area contributed by atoms with Gasteiger partial charge in [-0.3, -0.25) is 0 Å². The zero-order valence-electron chi connectivity index (χ0n) is 13.3. The topological polar surface area (TPSA) is 21.3 Å². The molecule has 0 saturated heterocycles. The number of hydrogen-bond donors (Lipinski definition) is 1. The molecule has 0 radical (unpaired) electrons. The molecule has 0 unspecified atom stereocenters. The van der Waals surface area contributed by atoms with Crippen LogP contribution in [0.4, 0.5) is 5.69 Å². The Bertz CT molecular complexity index is 783. The van der Waals surface area contributed by atoms with Gasteiger partial charge >= 0.3 is 0 Å². The first-order chi connectivity index (χ1) is 11.2. The second-order valence-electron chi connectivity index (χ2n) is 6.40. The van der Waals surface area contributed by atoms with Gasteiger partial charge in [-0.25, -0.2) is 0 Å². The summed E-state index contributed by atoms with van der Waals surface area (Å²) in [5.41, 5.74) is 5.22. The molecule has 2 nitrogen and oxygen atoms in total. The maximum Gasteiger partial charge on any atom is 0.142 e. The lowest BCUT2D eigenvalue weighted by molar-refractivity contribution is 0.396. The summed E-state index contributed by atoms with van der Waals surface area (Å²) in [5.74, 6) is 1.96. The molecule has 2 aliphatic rings. The molecule has 2 aromatic carbocycles. The molecule has 118 valence electrons. The molecule has 3 atom stereocenters. The smallest absolute Gasteiger partial charge is 0.142 e. The van der Waals surface area contributed by atoms with Crippen molar-refractivity contribution in [1.82, 2.24) is 0 Å². The van der Waals surface area contributed by atoms with E-state index in [1.165, 1.54) is 16.7 Å². The molecule has 1 aliphatic heterocycles. The zero-order valence-corrected chi connectivity index (χ0v) is 14.9. The zero-order chi connectivity index (χ0) is 16.0. The van der Waals surface area contributed by atoms with E-state index < -0.39 is 0 Å². The Kier molecular flexibility index (Phi) is 3.68. The number of methoxy groups -OCH3 is 1. The van der Waals surface area contributed by atoms with Crippen LogP contribution >= 0.6 is 15.9 Å². The van der Waals surface area contributed by atoms with Crippen molar-refractivity contribution in [2.24, 2.45) is 5.92 Å². The van der Waals surface area contributed by atoms with Crippen LogP contribution in [0.25, 0.3) is 0 Å². The Morgan fingerprint density at radius 1 is 1.22 bits per heavy atom. The number of nitrogens with one attached hydrogen (secondary N) is 1. The minimum atomic E-state index is 0.302. The number of rotatable bonds is 2. The second kappa shape index (κ2) is 5.72. The Labute approximate surface area is 145 Å². The van der Waals surface area contributed by atoms with Crippen LogP contribution < -0.4 is 10.1 Å². The van der Waals surface area contributed by atoms with Gasteiger partial charge in [-0.1, -0.05) is 46.3 Å². The minimum Gasteiger partial charge on any atom is -0.495 e. The van der Waals surface area contributed by atoms with E-state index >= 15 is 0 Å². The van der Waals surface area contributed by atoms with E-state index in [-0.39, 0.29) is 0 Å². The first-order valence-electron chi connectivity index (χ1n) is 8.05. The molecule has 1 aliphatic carbocycles. The number of ether oxygens (including phenoxy) is 1. The van der Waals surface area contributed by atoms with Gasteiger partial charge in [0.2, 0.25) is 0 Å². The summed E-state index contributed by atoms with van der Waals surface area (Å²) in [6.45, 7) is 2.20. The predicted molar refractivity (Wildman–Crippen MR) is 98.2 cm³/mol. The molecule has 3 heteroatoms. The standard InChI is InChI=1S/C20H20BrNO/c1-12-9-10-17(23-2)20-18(12)15-7-4-8-16(15)19(22-20)13-5-3-6-14(21)11-13/h3-7,9-11,15-16,19,22H,8H2,1-2H3/t15-,16+,19-/m1/s1. The van der Waals surface area contributed by atoms with Gasteiger partial charge in [0.05, 0.1) is 18.8 Å². The molecule has 2 aromatic rings. The average Bonchev–Trinajstić information content (AvgIpc) is 3.03. The SMILES string of the molecule is COc1ccc(C)c2c1N[C@H](c1cccc(Br)c1)[C@H]1CC=C[C@@H]21. The first-order valence-corrected chi connectivity index (χ1v) is 8.84. The van der Waals surface area contributed by atoms with Crippen molar-refractivity contribution in [3.63, 3.8) is 0 Å². The number of hydrogen-bond acceptors (Lipinski definition) is 2. The van der Waals surface area contributed by atoms with Crippen LogP contribution in [0, 0.1) is 12.8 Å². The van der Waals surface area contributed by atoms with E-state index in [9.17, 15) is 0 Å². The van der Waals surface area contributed by atoms with E-state index in [1.54, 1.807) is 7.11 Å². The maximum absolute atomic E-state index is 5.63. The fourth-order valence-corrected chi connectivity index (χ4v) is 4.49. The maximum atomic E-state index is 5.63. The number of halogens is 1. The van der Waals surface area contributed by atoms with Crippen LogP contribution in [0.2, 0.25) is 0 Å². The highest BCUT2D eigenvalue weighted by Gasteiger charge is 2.39.